The molecule has 2 aliphatic heterocycles. The second-order valence-corrected chi connectivity index (χ2v) is 11.5. The molecular weight excluding hydrogens is 628 g/mol. The highest BCUT2D eigenvalue weighted by molar-refractivity contribution is 5.87. The van der Waals surface area contributed by atoms with Gasteiger partial charge in [-0.05, 0) is 49.6 Å². The van der Waals surface area contributed by atoms with Crippen LogP contribution in [0.5, 0.6) is 5.75 Å². The number of alkyl carbamates (subject to hydrolysis) is 1. The molecule has 1 aromatic carbocycles. The van der Waals surface area contributed by atoms with Gasteiger partial charge in [-0.25, -0.2) is 19.4 Å². The molecule has 0 saturated heterocycles. The Hall–Kier alpha value is -5.02. The minimum Gasteiger partial charge on any atom is -0.481 e. The molecule has 3 aromatic rings. The van der Waals surface area contributed by atoms with Crippen molar-refractivity contribution in [1.29, 1.82) is 0 Å². The van der Waals surface area contributed by atoms with Crippen molar-refractivity contribution in [2.24, 2.45) is 0 Å². The molecule has 5 rings (SSSR count). The van der Waals surface area contributed by atoms with E-state index >= 15 is 0 Å². The highest BCUT2D eigenvalue weighted by atomic mass is 16.6. The summed E-state index contributed by atoms with van der Waals surface area (Å²) in [4.78, 5) is 64.9. The first-order valence-corrected chi connectivity index (χ1v) is 15.9. The van der Waals surface area contributed by atoms with Crippen molar-refractivity contribution in [3.63, 3.8) is 0 Å². The number of ether oxygens (including phenoxy) is 4. The third kappa shape index (κ3) is 7.74. The number of cyclic esters (lactones) is 1. The lowest BCUT2D eigenvalue weighted by Gasteiger charge is -2.31. The van der Waals surface area contributed by atoms with E-state index < -0.39 is 29.7 Å². The number of carboxylic acid groups (broad SMARTS) is 1. The molecule has 2 aromatic heterocycles. The van der Waals surface area contributed by atoms with Gasteiger partial charge >= 0.3 is 24.1 Å². The number of nitrogens with zero attached hydrogens (tertiary/aromatic N) is 2. The number of carbonyl (C=O) groups is 4. The first kappa shape index (κ1) is 34.3. The molecular formula is C33H38N4O11. The van der Waals surface area contributed by atoms with Gasteiger partial charge in [0.1, 0.15) is 19.0 Å². The SMILES string of the molecule is CC[C@@]1(O)C(=O)OCc2c1cc1n(c2=O)Cc2cc3cc(OC(=O)NCCCCCCNC(=O)OCCOCCC(=O)O)ccc3nc2-1. The molecule has 0 fully saturated rings. The zero-order valence-electron chi connectivity index (χ0n) is 26.5. The van der Waals surface area contributed by atoms with E-state index in [9.17, 15) is 29.1 Å². The first-order valence-electron chi connectivity index (χ1n) is 15.9. The predicted octanol–water partition coefficient (Wildman–Crippen LogP) is 2.95. The topological polar surface area (TPSA) is 205 Å². The number of fused-ring (bicyclic) bond motifs is 5. The summed E-state index contributed by atoms with van der Waals surface area (Å²) >= 11 is 0. The van der Waals surface area contributed by atoms with Crippen molar-refractivity contribution in [2.45, 2.75) is 64.2 Å². The molecule has 15 heteroatoms. The Morgan fingerprint density at radius 3 is 2.48 bits per heavy atom. The summed E-state index contributed by atoms with van der Waals surface area (Å²) < 4.78 is 22.1. The van der Waals surface area contributed by atoms with Crippen LogP contribution in [0.1, 0.15) is 62.1 Å². The van der Waals surface area contributed by atoms with Crippen molar-refractivity contribution in [2.75, 3.05) is 32.9 Å². The second-order valence-electron chi connectivity index (χ2n) is 11.5. The lowest BCUT2D eigenvalue weighted by atomic mass is 9.86. The molecule has 0 spiro atoms. The van der Waals surface area contributed by atoms with E-state index in [2.05, 4.69) is 10.6 Å². The van der Waals surface area contributed by atoms with Gasteiger partial charge < -0.3 is 44.4 Å². The highest BCUT2D eigenvalue weighted by Crippen LogP contribution is 2.38. The van der Waals surface area contributed by atoms with E-state index in [0.29, 0.717) is 35.7 Å². The summed E-state index contributed by atoms with van der Waals surface area (Å²) in [6.45, 7) is 2.81. The van der Waals surface area contributed by atoms with E-state index in [1.807, 2.05) is 6.07 Å². The standard InChI is InChI=1S/C33H38N4O11/c1-2-33(44)24-17-26-28-21(18-37(26)29(40)23(24)19-47-30(33)41)15-20-16-22(7-8-25(20)36-28)48-32(43)35-11-6-4-3-5-10-34-31(42)46-14-13-45-12-9-27(38)39/h7-8,15-17,44H,2-6,9-14,18-19H2,1H3,(H,34,42)(H,35,43)(H,38,39)/t33-/m0/s1. The number of aliphatic carboxylic acids is 1. The Kier molecular flexibility index (Phi) is 10.9. The number of nitrogens with one attached hydrogen (secondary N) is 2. The number of pyridine rings is 2. The number of hydrogen-bond acceptors (Lipinski definition) is 11. The third-order valence-electron chi connectivity index (χ3n) is 8.25. The third-order valence-corrected chi connectivity index (χ3v) is 8.25. The van der Waals surface area contributed by atoms with Gasteiger partial charge in [-0.3, -0.25) is 9.59 Å². The Bertz CT molecular complexity index is 1770. The summed E-state index contributed by atoms with van der Waals surface area (Å²) in [7, 11) is 0. The maximum absolute atomic E-state index is 13.4. The monoisotopic (exact) mass is 666 g/mol. The van der Waals surface area contributed by atoms with Crippen LogP contribution in [0.3, 0.4) is 0 Å². The maximum atomic E-state index is 13.4. The molecule has 0 saturated carbocycles. The second kappa shape index (κ2) is 15.3. The van der Waals surface area contributed by atoms with Gasteiger partial charge in [-0.2, -0.15) is 0 Å². The Labute approximate surface area is 275 Å². The number of unbranched alkanes of at least 4 members (excludes halogenated alkanes) is 3. The van der Waals surface area contributed by atoms with Gasteiger partial charge in [0.05, 0.1) is 48.6 Å². The van der Waals surface area contributed by atoms with Crippen LogP contribution in [-0.4, -0.2) is 76.8 Å². The van der Waals surface area contributed by atoms with Crippen molar-refractivity contribution in [3.8, 4) is 17.1 Å². The summed E-state index contributed by atoms with van der Waals surface area (Å²) in [6, 6.07) is 8.60. The fraction of sp³-hybridized carbons (Fsp3) is 0.455. The molecule has 1 atom stereocenters. The van der Waals surface area contributed by atoms with Gasteiger partial charge in [0.25, 0.3) is 5.56 Å². The molecule has 0 unspecified atom stereocenters. The average molecular weight is 667 g/mol. The number of benzene rings is 1. The minimum atomic E-state index is -1.89. The van der Waals surface area contributed by atoms with Crippen LogP contribution in [0.15, 0.2) is 35.1 Å². The lowest BCUT2D eigenvalue weighted by Crippen LogP contribution is -2.44. The number of aromatic nitrogens is 2. The van der Waals surface area contributed by atoms with E-state index in [0.717, 1.165) is 36.6 Å². The van der Waals surface area contributed by atoms with Crippen LogP contribution < -0.4 is 20.9 Å². The molecule has 4 heterocycles. The van der Waals surface area contributed by atoms with Crippen molar-refractivity contribution in [3.05, 3.63) is 57.4 Å². The Balaban J connectivity index is 1.05. The van der Waals surface area contributed by atoms with E-state index in [4.69, 9.17) is 29.0 Å². The van der Waals surface area contributed by atoms with Gasteiger partial charge in [-0.1, -0.05) is 19.8 Å². The quantitative estimate of drug-likeness (QED) is 0.107. The van der Waals surface area contributed by atoms with E-state index in [1.54, 1.807) is 35.8 Å². The van der Waals surface area contributed by atoms with Crippen LogP contribution in [0.25, 0.3) is 22.3 Å². The summed E-state index contributed by atoms with van der Waals surface area (Å²) in [5, 5.41) is 25.6. The molecule has 48 heavy (non-hydrogen) atoms. The van der Waals surface area contributed by atoms with Crippen LogP contribution in [0.2, 0.25) is 0 Å². The van der Waals surface area contributed by atoms with Crippen molar-refractivity contribution in [1.82, 2.24) is 20.2 Å². The smallest absolute Gasteiger partial charge is 0.412 e. The molecule has 15 nitrogen and oxygen atoms in total. The van der Waals surface area contributed by atoms with Gasteiger partial charge in [0.2, 0.25) is 0 Å². The molecule has 0 aliphatic carbocycles. The van der Waals surface area contributed by atoms with Crippen LogP contribution in [0, 0.1) is 0 Å². The fourth-order valence-corrected chi connectivity index (χ4v) is 5.66. The van der Waals surface area contributed by atoms with Gasteiger partial charge in [-0.15, -0.1) is 0 Å². The predicted molar refractivity (Wildman–Crippen MR) is 169 cm³/mol. The summed E-state index contributed by atoms with van der Waals surface area (Å²) in [5.74, 6) is -1.39. The molecule has 2 amide bonds. The first-order chi connectivity index (χ1) is 23.1. The van der Waals surface area contributed by atoms with Crippen LogP contribution in [-0.2, 0) is 42.6 Å². The number of esters is 1. The number of rotatable bonds is 15. The normalized spacial score (nSPS) is 16.0. The molecule has 0 bridgehead atoms. The molecule has 2 aliphatic rings. The zero-order chi connectivity index (χ0) is 34.3. The number of carbonyl (C=O) groups excluding carboxylic acids is 3. The van der Waals surface area contributed by atoms with Crippen molar-refractivity contribution < 1.29 is 48.3 Å². The van der Waals surface area contributed by atoms with Crippen LogP contribution in [0.4, 0.5) is 9.59 Å². The Morgan fingerprint density at radius 2 is 1.75 bits per heavy atom. The van der Waals surface area contributed by atoms with Gasteiger partial charge in [0.15, 0.2) is 5.60 Å². The molecule has 4 N–H and O–H groups in total. The zero-order valence-corrected chi connectivity index (χ0v) is 26.5. The number of aliphatic hydroxyl groups is 1. The average Bonchev–Trinajstić information content (AvgIpc) is 3.42. The van der Waals surface area contributed by atoms with E-state index in [1.165, 1.54) is 0 Å². The largest absolute Gasteiger partial charge is 0.481 e. The number of amides is 2. The number of carboxylic acids is 1. The van der Waals surface area contributed by atoms with E-state index in [-0.39, 0.29) is 62.5 Å². The van der Waals surface area contributed by atoms with Gasteiger partial charge in [0, 0.05) is 29.6 Å². The lowest BCUT2D eigenvalue weighted by molar-refractivity contribution is -0.172. The van der Waals surface area contributed by atoms with Crippen molar-refractivity contribution >= 4 is 35.0 Å². The molecule has 256 valence electrons. The minimum absolute atomic E-state index is 0.0388. The summed E-state index contributed by atoms with van der Waals surface area (Å²) in [6.07, 6.45) is 1.93. The Morgan fingerprint density at radius 1 is 1.00 bits per heavy atom. The maximum Gasteiger partial charge on any atom is 0.412 e. The molecule has 0 radical (unpaired) electrons. The summed E-state index contributed by atoms with van der Waals surface area (Å²) in [5.41, 5.74) is 0.785. The number of hydrogen-bond donors (Lipinski definition) is 4. The van der Waals surface area contributed by atoms with Crippen LogP contribution >= 0.6 is 0 Å². The highest BCUT2D eigenvalue weighted by Gasteiger charge is 2.45. The fourth-order valence-electron chi connectivity index (χ4n) is 5.66.